The first-order valence-electron chi connectivity index (χ1n) is 7.93. The van der Waals surface area contributed by atoms with Crippen LogP contribution >= 0.6 is 0 Å². The lowest BCUT2D eigenvalue weighted by Gasteiger charge is -2.34. The van der Waals surface area contributed by atoms with Gasteiger partial charge >= 0.3 is 0 Å². The van der Waals surface area contributed by atoms with Gasteiger partial charge in [-0.3, -0.25) is 4.79 Å². The smallest absolute Gasteiger partial charge is 0.275 e. The normalized spacial score (nSPS) is 26.0. The van der Waals surface area contributed by atoms with Gasteiger partial charge in [-0.25, -0.2) is 4.98 Å². The lowest BCUT2D eigenvalue weighted by molar-refractivity contribution is 0.0480. The second-order valence-corrected chi connectivity index (χ2v) is 6.42. The molecule has 23 heavy (non-hydrogen) atoms. The Morgan fingerprint density at radius 3 is 2.78 bits per heavy atom. The highest BCUT2D eigenvalue weighted by atomic mass is 16.3. The quantitative estimate of drug-likeness (QED) is 0.906. The first-order chi connectivity index (χ1) is 11.2. The molecule has 2 aliphatic rings. The molecule has 4 rings (SSSR count). The van der Waals surface area contributed by atoms with Gasteiger partial charge in [0.15, 0.2) is 5.69 Å². The summed E-state index contributed by atoms with van der Waals surface area (Å²) in [6, 6.07) is 3.53. The van der Waals surface area contributed by atoms with Crippen LogP contribution in [0.25, 0.3) is 5.69 Å². The van der Waals surface area contributed by atoms with Crippen LogP contribution in [0.3, 0.4) is 0 Å². The van der Waals surface area contributed by atoms with Crippen molar-refractivity contribution in [2.45, 2.75) is 25.8 Å². The summed E-state index contributed by atoms with van der Waals surface area (Å²) in [5.41, 5.74) is 1.69. The minimum atomic E-state index is -0.148. The first-order valence-corrected chi connectivity index (χ1v) is 7.93. The van der Waals surface area contributed by atoms with Crippen LogP contribution in [0.4, 0.5) is 0 Å². The van der Waals surface area contributed by atoms with Crippen molar-refractivity contribution < 1.29 is 9.90 Å². The number of aryl methyl sites for hydroxylation is 1. The number of carbonyl (C=O) groups excluding carboxylic acids is 1. The number of aliphatic hydroxyl groups excluding tert-OH is 1. The van der Waals surface area contributed by atoms with Crippen LogP contribution < -0.4 is 0 Å². The maximum Gasteiger partial charge on any atom is 0.275 e. The molecular weight excluding hydrogens is 294 g/mol. The van der Waals surface area contributed by atoms with E-state index in [1.54, 1.807) is 17.3 Å². The van der Waals surface area contributed by atoms with E-state index in [0.717, 1.165) is 18.5 Å². The molecule has 3 atom stereocenters. The number of aliphatic hydroxyl groups is 1. The number of pyridine rings is 1. The fraction of sp³-hybridized carbons (Fsp3) is 0.500. The average molecular weight is 313 g/mol. The zero-order valence-electron chi connectivity index (χ0n) is 13.0. The zero-order valence-corrected chi connectivity index (χ0v) is 13.0. The number of rotatable bonds is 3. The molecule has 0 radical (unpaired) electrons. The van der Waals surface area contributed by atoms with Gasteiger partial charge in [-0.05, 0) is 43.7 Å². The van der Waals surface area contributed by atoms with Gasteiger partial charge in [0.05, 0.1) is 25.0 Å². The molecule has 2 aromatic heterocycles. The summed E-state index contributed by atoms with van der Waals surface area (Å²) in [6.45, 7) is 2.56. The third-order valence-corrected chi connectivity index (χ3v) is 4.84. The molecule has 1 N–H and O–H groups in total. The summed E-state index contributed by atoms with van der Waals surface area (Å²) in [7, 11) is 0. The number of amides is 1. The molecule has 7 nitrogen and oxygen atoms in total. The van der Waals surface area contributed by atoms with Crippen LogP contribution in [-0.4, -0.2) is 55.1 Å². The molecule has 0 spiro atoms. The SMILES string of the molecule is Cc1ccc(-n2nccn2)c(C(=O)N2C[C@@H]3C[C@@H]3C[C@H]2CO)n1. The number of hydrogen-bond donors (Lipinski definition) is 1. The van der Waals surface area contributed by atoms with E-state index in [1.807, 2.05) is 19.1 Å². The molecule has 0 unspecified atom stereocenters. The van der Waals surface area contributed by atoms with Crippen molar-refractivity contribution in [2.75, 3.05) is 13.2 Å². The molecule has 0 aromatic carbocycles. The second kappa shape index (κ2) is 5.42. The van der Waals surface area contributed by atoms with E-state index in [4.69, 9.17) is 0 Å². The van der Waals surface area contributed by atoms with E-state index in [1.165, 1.54) is 4.80 Å². The number of fused-ring (bicyclic) bond motifs is 1. The monoisotopic (exact) mass is 313 g/mol. The summed E-state index contributed by atoms with van der Waals surface area (Å²) < 4.78 is 0. The van der Waals surface area contributed by atoms with Gasteiger partial charge in [-0.15, -0.1) is 4.80 Å². The molecule has 1 saturated carbocycles. The largest absolute Gasteiger partial charge is 0.394 e. The van der Waals surface area contributed by atoms with E-state index in [9.17, 15) is 9.90 Å². The lowest BCUT2D eigenvalue weighted by Crippen LogP contribution is -2.47. The van der Waals surface area contributed by atoms with Gasteiger partial charge in [-0.2, -0.15) is 10.2 Å². The fourth-order valence-electron chi connectivity index (χ4n) is 3.47. The standard InChI is InChI=1S/C16H19N5O2/c1-10-2-3-14(21-17-4-5-18-21)15(19-10)16(23)20-8-12-6-11(12)7-13(20)9-22/h2-5,11-13,22H,6-9H2,1H3/t11-,12+,13+/m1/s1. The van der Waals surface area contributed by atoms with E-state index in [0.29, 0.717) is 29.8 Å². The van der Waals surface area contributed by atoms with Crippen molar-refractivity contribution in [1.82, 2.24) is 24.9 Å². The van der Waals surface area contributed by atoms with E-state index >= 15 is 0 Å². The Labute approximate surface area is 133 Å². The maximum atomic E-state index is 13.1. The molecule has 120 valence electrons. The summed E-state index contributed by atoms with van der Waals surface area (Å²) in [6.07, 6.45) is 5.18. The van der Waals surface area contributed by atoms with Gasteiger partial charge in [-0.1, -0.05) is 0 Å². The van der Waals surface area contributed by atoms with Crippen molar-refractivity contribution in [3.63, 3.8) is 0 Å². The van der Waals surface area contributed by atoms with E-state index in [-0.39, 0.29) is 18.6 Å². The predicted molar refractivity (Wildman–Crippen MR) is 82.0 cm³/mol. The van der Waals surface area contributed by atoms with Gasteiger partial charge < -0.3 is 10.0 Å². The molecule has 0 bridgehead atoms. The Kier molecular flexibility index (Phi) is 3.37. The molecule has 1 amide bonds. The Balaban J connectivity index is 1.71. The highest BCUT2D eigenvalue weighted by Gasteiger charge is 2.47. The van der Waals surface area contributed by atoms with Gasteiger partial charge in [0.2, 0.25) is 0 Å². The maximum absolute atomic E-state index is 13.1. The Hall–Kier alpha value is -2.28. The minimum absolute atomic E-state index is 0.00384. The van der Waals surface area contributed by atoms with Gasteiger partial charge in [0.1, 0.15) is 5.69 Å². The molecule has 1 saturated heterocycles. The first kappa shape index (κ1) is 14.3. The average Bonchev–Trinajstić information content (AvgIpc) is 3.12. The second-order valence-electron chi connectivity index (χ2n) is 6.42. The van der Waals surface area contributed by atoms with Crippen LogP contribution in [0.1, 0.15) is 29.0 Å². The van der Waals surface area contributed by atoms with Crippen LogP contribution in [0.5, 0.6) is 0 Å². The summed E-state index contributed by atoms with van der Waals surface area (Å²) in [5, 5.41) is 17.9. The van der Waals surface area contributed by atoms with Gasteiger partial charge in [0, 0.05) is 12.2 Å². The third kappa shape index (κ3) is 2.50. The molecule has 3 heterocycles. The van der Waals surface area contributed by atoms with Crippen LogP contribution in [0.15, 0.2) is 24.5 Å². The Morgan fingerprint density at radius 2 is 2.04 bits per heavy atom. The summed E-state index contributed by atoms with van der Waals surface area (Å²) in [5.74, 6) is 1.11. The summed E-state index contributed by atoms with van der Waals surface area (Å²) in [4.78, 5) is 20.7. The number of hydrogen-bond acceptors (Lipinski definition) is 5. The predicted octanol–water partition coefficient (Wildman–Crippen LogP) is 0.814. The van der Waals surface area contributed by atoms with Crippen molar-refractivity contribution in [3.8, 4) is 5.69 Å². The Morgan fingerprint density at radius 1 is 1.26 bits per heavy atom. The van der Waals surface area contributed by atoms with Crippen LogP contribution in [0.2, 0.25) is 0 Å². The summed E-state index contributed by atoms with van der Waals surface area (Å²) >= 11 is 0. The third-order valence-electron chi connectivity index (χ3n) is 4.84. The molecule has 2 aromatic rings. The highest BCUT2D eigenvalue weighted by molar-refractivity contribution is 5.96. The Bertz CT molecular complexity index is 730. The topological polar surface area (TPSA) is 84.1 Å². The molecule has 1 aliphatic heterocycles. The van der Waals surface area contributed by atoms with Crippen molar-refractivity contribution in [3.05, 3.63) is 35.9 Å². The van der Waals surface area contributed by atoms with Crippen molar-refractivity contribution >= 4 is 5.91 Å². The van der Waals surface area contributed by atoms with Crippen LogP contribution in [-0.2, 0) is 0 Å². The zero-order chi connectivity index (χ0) is 16.0. The number of carbonyl (C=O) groups is 1. The molecule has 1 aliphatic carbocycles. The highest BCUT2D eigenvalue weighted by Crippen LogP contribution is 2.47. The number of nitrogens with zero attached hydrogens (tertiary/aromatic N) is 5. The molecule has 2 fully saturated rings. The van der Waals surface area contributed by atoms with E-state index in [2.05, 4.69) is 15.2 Å². The number of likely N-dealkylation sites (tertiary alicyclic amines) is 1. The van der Waals surface area contributed by atoms with Crippen molar-refractivity contribution in [1.29, 1.82) is 0 Å². The number of piperidine rings is 1. The minimum Gasteiger partial charge on any atom is -0.394 e. The van der Waals surface area contributed by atoms with Gasteiger partial charge in [0.25, 0.3) is 5.91 Å². The van der Waals surface area contributed by atoms with Crippen molar-refractivity contribution in [2.24, 2.45) is 11.8 Å². The number of aromatic nitrogens is 4. The van der Waals surface area contributed by atoms with E-state index < -0.39 is 0 Å². The molecular formula is C16H19N5O2. The molecule has 7 heteroatoms. The lowest BCUT2D eigenvalue weighted by atomic mass is 10.0. The fourth-order valence-corrected chi connectivity index (χ4v) is 3.47. The van der Waals surface area contributed by atoms with Crippen LogP contribution in [0, 0.1) is 18.8 Å².